The average molecular weight is 296 g/mol. The van der Waals surface area contributed by atoms with Crippen molar-refractivity contribution < 1.29 is 9.53 Å². The van der Waals surface area contributed by atoms with Gasteiger partial charge in [0, 0.05) is 25.5 Å². The Morgan fingerprint density at radius 2 is 2.00 bits per heavy atom. The zero-order chi connectivity index (χ0) is 14.2. The van der Waals surface area contributed by atoms with Crippen molar-refractivity contribution in [3.05, 3.63) is 35.4 Å². The number of carbonyl (C=O) groups excluding carboxylic acids is 1. The Bertz CT molecular complexity index is 413. The summed E-state index contributed by atoms with van der Waals surface area (Å²) in [6.07, 6.45) is 5.12. The lowest BCUT2D eigenvalue weighted by Crippen LogP contribution is -2.26. The number of hydrogen-bond donors (Lipinski definition) is 1. The van der Waals surface area contributed by atoms with Crippen molar-refractivity contribution in [1.29, 1.82) is 0 Å². The molecule has 1 unspecified atom stereocenters. The van der Waals surface area contributed by atoms with Gasteiger partial charge < -0.3 is 10.1 Å². The highest BCUT2D eigenvalue weighted by Crippen LogP contribution is 2.16. The summed E-state index contributed by atoms with van der Waals surface area (Å²) in [4.78, 5) is 11.8. The van der Waals surface area contributed by atoms with Crippen LogP contribution in [0.2, 0.25) is 0 Å². The minimum absolute atomic E-state index is 0.0978. The normalized spacial score (nSPS) is 18.8. The molecular weight excluding hydrogens is 274 g/mol. The van der Waals surface area contributed by atoms with Gasteiger partial charge in [0.2, 0.25) is 5.91 Å². The Labute approximate surface area is 125 Å². The maximum absolute atomic E-state index is 11.8. The van der Waals surface area contributed by atoms with Crippen molar-refractivity contribution in [3.63, 3.8) is 0 Å². The zero-order valence-electron chi connectivity index (χ0n) is 11.7. The van der Waals surface area contributed by atoms with Crippen LogP contribution in [-0.2, 0) is 22.0 Å². The molecule has 20 heavy (non-hydrogen) atoms. The van der Waals surface area contributed by atoms with E-state index in [2.05, 4.69) is 5.32 Å². The molecule has 1 amide bonds. The second-order valence-electron chi connectivity index (χ2n) is 5.25. The van der Waals surface area contributed by atoms with Gasteiger partial charge in [-0.2, -0.15) is 0 Å². The van der Waals surface area contributed by atoms with E-state index in [4.69, 9.17) is 16.3 Å². The van der Waals surface area contributed by atoms with Crippen LogP contribution in [0.1, 0.15) is 43.2 Å². The van der Waals surface area contributed by atoms with E-state index < -0.39 is 0 Å². The third-order valence-electron chi connectivity index (χ3n) is 3.63. The smallest absolute Gasteiger partial charge is 0.220 e. The number of carbonyl (C=O) groups is 1. The number of halogens is 1. The van der Waals surface area contributed by atoms with Gasteiger partial charge >= 0.3 is 0 Å². The first kappa shape index (κ1) is 15.3. The van der Waals surface area contributed by atoms with Crippen molar-refractivity contribution in [1.82, 2.24) is 5.32 Å². The van der Waals surface area contributed by atoms with E-state index in [9.17, 15) is 4.79 Å². The fourth-order valence-electron chi connectivity index (χ4n) is 2.36. The van der Waals surface area contributed by atoms with Gasteiger partial charge in [0.15, 0.2) is 0 Å². The number of nitrogens with one attached hydrogen (secondary N) is 1. The predicted molar refractivity (Wildman–Crippen MR) is 80.7 cm³/mol. The summed E-state index contributed by atoms with van der Waals surface area (Å²) in [5.74, 6) is 0.620. The minimum Gasteiger partial charge on any atom is -0.378 e. The van der Waals surface area contributed by atoms with Crippen molar-refractivity contribution in [2.75, 3.05) is 6.61 Å². The van der Waals surface area contributed by atoms with E-state index in [-0.39, 0.29) is 12.0 Å². The van der Waals surface area contributed by atoms with Crippen LogP contribution in [0.25, 0.3) is 0 Å². The first-order valence-electron chi connectivity index (χ1n) is 7.30. The Morgan fingerprint density at radius 3 is 2.65 bits per heavy atom. The first-order valence-corrected chi connectivity index (χ1v) is 7.83. The number of alkyl halides is 1. The number of ether oxygens (including phenoxy) is 1. The predicted octanol–water partition coefficient (Wildman–Crippen LogP) is 3.39. The summed E-state index contributed by atoms with van der Waals surface area (Å²) in [6.45, 7) is 1.42. The Morgan fingerprint density at radius 1 is 1.25 bits per heavy atom. The van der Waals surface area contributed by atoms with E-state index in [1.165, 1.54) is 6.42 Å². The topological polar surface area (TPSA) is 38.3 Å². The molecule has 1 aliphatic heterocycles. The average Bonchev–Trinajstić information content (AvgIpc) is 2.52. The minimum atomic E-state index is 0.0978. The SMILES string of the molecule is O=C(CCC1CCCCO1)NCc1ccc(CCl)cc1. The van der Waals surface area contributed by atoms with Crippen LogP contribution < -0.4 is 5.32 Å². The van der Waals surface area contributed by atoms with Crippen LogP contribution in [0.15, 0.2) is 24.3 Å². The lowest BCUT2D eigenvalue weighted by atomic mass is 10.0. The van der Waals surface area contributed by atoms with Crippen molar-refractivity contribution in [2.45, 2.75) is 50.6 Å². The third-order valence-corrected chi connectivity index (χ3v) is 3.94. The summed E-state index contributed by atoms with van der Waals surface area (Å²) < 4.78 is 5.62. The van der Waals surface area contributed by atoms with Gasteiger partial charge in [0.05, 0.1) is 6.10 Å². The molecule has 4 heteroatoms. The van der Waals surface area contributed by atoms with Gasteiger partial charge in [-0.05, 0) is 36.8 Å². The Balaban J connectivity index is 1.66. The molecule has 0 aromatic heterocycles. The molecule has 1 aromatic carbocycles. The van der Waals surface area contributed by atoms with Gasteiger partial charge in [-0.15, -0.1) is 11.6 Å². The van der Waals surface area contributed by atoms with Crippen LogP contribution in [0.3, 0.4) is 0 Å². The van der Waals surface area contributed by atoms with Crippen LogP contribution in [0.5, 0.6) is 0 Å². The highest BCUT2D eigenvalue weighted by atomic mass is 35.5. The molecule has 0 spiro atoms. The van der Waals surface area contributed by atoms with Gasteiger partial charge in [0.1, 0.15) is 0 Å². The van der Waals surface area contributed by atoms with E-state index in [1.54, 1.807) is 0 Å². The highest BCUT2D eigenvalue weighted by Gasteiger charge is 2.15. The van der Waals surface area contributed by atoms with Crippen LogP contribution in [0.4, 0.5) is 0 Å². The molecule has 1 atom stereocenters. The number of rotatable bonds is 6. The molecule has 1 fully saturated rings. The van der Waals surface area contributed by atoms with Crippen molar-refractivity contribution in [3.8, 4) is 0 Å². The van der Waals surface area contributed by atoms with Crippen molar-refractivity contribution in [2.24, 2.45) is 0 Å². The molecule has 1 aromatic rings. The van der Waals surface area contributed by atoms with E-state index in [1.807, 2.05) is 24.3 Å². The van der Waals surface area contributed by atoms with E-state index >= 15 is 0 Å². The molecular formula is C16H22ClNO2. The van der Waals surface area contributed by atoms with Gasteiger partial charge in [-0.25, -0.2) is 0 Å². The largest absolute Gasteiger partial charge is 0.378 e. The quantitative estimate of drug-likeness (QED) is 0.817. The molecule has 1 saturated heterocycles. The maximum Gasteiger partial charge on any atom is 0.220 e. The number of hydrogen-bond acceptors (Lipinski definition) is 2. The molecule has 0 saturated carbocycles. The second kappa shape index (κ2) is 8.28. The maximum atomic E-state index is 11.8. The molecule has 2 rings (SSSR count). The monoisotopic (exact) mass is 295 g/mol. The van der Waals surface area contributed by atoms with E-state index in [0.29, 0.717) is 18.8 Å². The molecule has 1 heterocycles. The molecule has 0 radical (unpaired) electrons. The lowest BCUT2D eigenvalue weighted by molar-refractivity contribution is -0.122. The summed E-state index contributed by atoms with van der Waals surface area (Å²) in [6, 6.07) is 7.99. The standard InChI is InChI=1S/C16H22ClNO2/c17-11-13-4-6-14(7-5-13)12-18-16(19)9-8-15-3-1-2-10-20-15/h4-7,15H,1-3,8-12H2,(H,18,19). The summed E-state index contributed by atoms with van der Waals surface area (Å²) in [5.41, 5.74) is 2.19. The summed E-state index contributed by atoms with van der Waals surface area (Å²) >= 11 is 5.74. The number of amides is 1. The van der Waals surface area contributed by atoms with Gasteiger partial charge in [-0.3, -0.25) is 4.79 Å². The van der Waals surface area contributed by atoms with Crippen molar-refractivity contribution >= 4 is 17.5 Å². The lowest BCUT2D eigenvalue weighted by Gasteiger charge is -2.22. The fraction of sp³-hybridized carbons (Fsp3) is 0.562. The number of benzene rings is 1. The molecule has 1 aliphatic rings. The third kappa shape index (κ3) is 5.14. The Kier molecular flexibility index (Phi) is 6.34. The molecule has 3 nitrogen and oxygen atoms in total. The summed E-state index contributed by atoms with van der Waals surface area (Å²) in [5, 5.41) is 2.95. The van der Waals surface area contributed by atoms with Gasteiger partial charge in [0.25, 0.3) is 0 Å². The van der Waals surface area contributed by atoms with Crippen LogP contribution >= 0.6 is 11.6 Å². The molecule has 110 valence electrons. The highest BCUT2D eigenvalue weighted by molar-refractivity contribution is 6.17. The zero-order valence-corrected chi connectivity index (χ0v) is 12.5. The van der Waals surface area contributed by atoms with Crippen LogP contribution in [0, 0.1) is 0 Å². The van der Waals surface area contributed by atoms with E-state index in [0.717, 1.165) is 37.0 Å². The molecule has 0 aliphatic carbocycles. The first-order chi connectivity index (χ1) is 9.78. The molecule has 0 bridgehead atoms. The second-order valence-corrected chi connectivity index (χ2v) is 5.52. The Hall–Kier alpha value is -1.06. The summed E-state index contributed by atoms with van der Waals surface area (Å²) in [7, 11) is 0. The van der Waals surface area contributed by atoms with Crippen LogP contribution in [-0.4, -0.2) is 18.6 Å². The molecule has 1 N–H and O–H groups in total. The van der Waals surface area contributed by atoms with Gasteiger partial charge in [-0.1, -0.05) is 24.3 Å². The fourth-order valence-corrected chi connectivity index (χ4v) is 2.54.